The summed E-state index contributed by atoms with van der Waals surface area (Å²) >= 11 is 0. The number of fused-ring (bicyclic) bond motifs is 1. The number of ether oxygens (including phenoxy) is 1. The van der Waals surface area contributed by atoms with E-state index in [0.29, 0.717) is 36.0 Å². The molecule has 10 nitrogen and oxygen atoms in total. The zero-order chi connectivity index (χ0) is 27.1. The Hall–Kier alpha value is -4.21. The first-order valence-corrected chi connectivity index (χ1v) is 13.5. The molecule has 202 valence electrons. The van der Waals surface area contributed by atoms with Crippen LogP contribution < -0.4 is 5.32 Å². The number of carbonyl (C=O) groups excluding carboxylic acids is 2. The number of benzene rings is 1. The standard InChI is InChI=1S/C29H33N7O3/c1-29(2,3)39-28(38)34-15-11-21(12-16-34)24-17-25(32-27(37)23-18-31-35-14-4-13-30-26(23)35)36(33-24)22-9-7-20(8-10-22)19-5-6-19/h4,7-10,13-14,17-19,21H,5-6,11-12,15-16H2,1-3H3,(H,32,37). The molecule has 3 aromatic heterocycles. The summed E-state index contributed by atoms with van der Waals surface area (Å²) in [5.41, 5.74) is 3.46. The van der Waals surface area contributed by atoms with Crippen LogP contribution in [0, 0.1) is 0 Å². The number of nitrogens with one attached hydrogen (secondary N) is 1. The Morgan fingerprint density at radius 2 is 1.77 bits per heavy atom. The predicted octanol–water partition coefficient (Wildman–Crippen LogP) is 5.16. The van der Waals surface area contributed by atoms with Crippen LogP contribution in [0.1, 0.15) is 79.9 Å². The zero-order valence-corrected chi connectivity index (χ0v) is 22.5. The molecule has 2 aliphatic rings. The molecule has 0 unspecified atom stereocenters. The van der Waals surface area contributed by atoms with Gasteiger partial charge in [-0.3, -0.25) is 4.79 Å². The Balaban J connectivity index is 1.25. The van der Waals surface area contributed by atoms with Gasteiger partial charge in [-0.2, -0.15) is 10.2 Å². The minimum atomic E-state index is -0.522. The second-order valence-corrected chi connectivity index (χ2v) is 11.4. The summed E-state index contributed by atoms with van der Waals surface area (Å²) in [6.07, 6.45) is 8.65. The second-order valence-electron chi connectivity index (χ2n) is 11.4. The molecule has 1 aliphatic heterocycles. The number of nitrogens with zero attached hydrogens (tertiary/aromatic N) is 6. The normalized spacial score (nSPS) is 16.4. The molecule has 4 heterocycles. The lowest BCUT2D eigenvalue weighted by Crippen LogP contribution is -2.41. The van der Waals surface area contributed by atoms with Crippen molar-refractivity contribution in [2.75, 3.05) is 18.4 Å². The summed E-state index contributed by atoms with van der Waals surface area (Å²) in [4.78, 5) is 31.9. The smallest absolute Gasteiger partial charge is 0.410 e. The van der Waals surface area contributed by atoms with Gasteiger partial charge in [0.25, 0.3) is 5.91 Å². The molecular formula is C29H33N7O3. The van der Waals surface area contributed by atoms with Crippen molar-refractivity contribution in [2.45, 2.75) is 63.9 Å². The van der Waals surface area contributed by atoms with E-state index in [1.54, 1.807) is 32.6 Å². The molecule has 1 saturated heterocycles. The van der Waals surface area contributed by atoms with Gasteiger partial charge in [-0.05, 0) is 76.1 Å². The Bertz CT molecular complexity index is 1500. The summed E-state index contributed by atoms with van der Waals surface area (Å²) < 4.78 is 8.92. The van der Waals surface area contributed by atoms with Gasteiger partial charge in [-0.25, -0.2) is 19.0 Å². The molecule has 0 spiro atoms. The average molecular weight is 528 g/mol. The van der Waals surface area contributed by atoms with Gasteiger partial charge in [-0.1, -0.05) is 12.1 Å². The average Bonchev–Trinajstić information content (AvgIpc) is 3.55. The highest BCUT2D eigenvalue weighted by Crippen LogP contribution is 2.40. The number of anilines is 1. The van der Waals surface area contributed by atoms with E-state index in [-0.39, 0.29) is 17.9 Å². The molecule has 0 bridgehead atoms. The van der Waals surface area contributed by atoms with Gasteiger partial charge in [-0.15, -0.1) is 0 Å². The van der Waals surface area contributed by atoms with Crippen LogP contribution in [-0.4, -0.2) is 60.0 Å². The zero-order valence-electron chi connectivity index (χ0n) is 22.5. The third kappa shape index (κ3) is 5.36. The maximum Gasteiger partial charge on any atom is 0.410 e. The van der Waals surface area contributed by atoms with Gasteiger partial charge in [0.05, 0.1) is 17.6 Å². The number of amides is 2. The van der Waals surface area contributed by atoms with Crippen molar-refractivity contribution in [1.29, 1.82) is 0 Å². The minimum absolute atomic E-state index is 0.157. The quantitative estimate of drug-likeness (QED) is 0.384. The number of likely N-dealkylation sites (tertiary alicyclic amines) is 1. The fraction of sp³-hybridized carbons (Fsp3) is 0.414. The largest absolute Gasteiger partial charge is 0.444 e. The van der Waals surface area contributed by atoms with Crippen molar-refractivity contribution < 1.29 is 14.3 Å². The van der Waals surface area contributed by atoms with E-state index >= 15 is 0 Å². The van der Waals surface area contributed by atoms with Crippen molar-refractivity contribution in [1.82, 2.24) is 29.3 Å². The number of hydrogen-bond donors (Lipinski definition) is 1. The van der Waals surface area contributed by atoms with Gasteiger partial charge in [0, 0.05) is 37.5 Å². The van der Waals surface area contributed by atoms with Crippen molar-refractivity contribution >= 4 is 23.5 Å². The molecule has 0 atom stereocenters. The molecule has 10 heteroatoms. The maximum atomic E-state index is 13.3. The minimum Gasteiger partial charge on any atom is -0.444 e. The summed E-state index contributed by atoms with van der Waals surface area (Å²) in [7, 11) is 0. The van der Waals surface area contributed by atoms with Crippen LogP contribution in [0.5, 0.6) is 0 Å². The molecule has 4 aromatic rings. The van der Waals surface area contributed by atoms with E-state index in [4.69, 9.17) is 9.84 Å². The summed E-state index contributed by atoms with van der Waals surface area (Å²) in [6, 6.07) is 12.1. The Morgan fingerprint density at radius 1 is 1.03 bits per heavy atom. The van der Waals surface area contributed by atoms with Crippen LogP contribution in [0.15, 0.2) is 55.0 Å². The Kier molecular flexibility index (Phi) is 6.32. The summed E-state index contributed by atoms with van der Waals surface area (Å²) in [6.45, 7) is 6.82. The van der Waals surface area contributed by atoms with Crippen LogP contribution >= 0.6 is 0 Å². The molecule has 39 heavy (non-hydrogen) atoms. The molecule has 0 radical (unpaired) electrons. The lowest BCUT2D eigenvalue weighted by atomic mass is 9.94. The van der Waals surface area contributed by atoms with Crippen molar-refractivity contribution in [3.8, 4) is 5.69 Å². The fourth-order valence-corrected chi connectivity index (χ4v) is 5.04. The van der Waals surface area contributed by atoms with Gasteiger partial charge in [0.1, 0.15) is 17.0 Å². The highest BCUT2D eigenvalue weighted by Gasteiger charge is 2.30. The molecule has 6 rings (SSSR count). The molecular weight excluding hydrogens is 494 g/mol. The van der Waals surface area contributed by atoms with Crippen LogP contribution in [0.4, 0.5) is 10.6 Å². The summed E-state index contributed by atoms with van der Waals surface area (Å²) in [5.74, 6) is 1.10. The fourth-order valence-electron chi connectivity index (χ4n) is 5.04. The predicted molar refractivity (Wildman–Crippen MR) is 146 cm³/mol. The van der Waals surface area contributed by atoms with E-state index in [2.05, 4.69) is 39.7 Å². The Morgan fingerprint density at radius 3 is 2.46 bits per heavy atom. The Labute approximate surface area is 227 Å². The van der Waals surface area contributed by atoms with Gasteiger partial charge in [0.2, 0.25) is 0 Å². The van der Waals surface area contributed by atoms with E-state index in [0.717, 1.165) is 24.2 Å². The van der Waals surface area contributed by atoms with E-state index in [9.17, 15) is 9.59 Å². The third-order valence-corrected chi connectivity index (χ3v) is 7.25. The molecule has 2 amide bonds. The molecule has 1 aromatic carbocycles. The van der Waals surface area contributed by atoms with Crippen LogP contribution in [0.2, 0.25) is 0 Å². The highest BCUT2D eigenvalue weighted by molar-refractivity contribution is 6.07. The molecule has 1 N–H and O–H groups in total. The van der Waals surface area contributed by atoms with E-state index in [1.807, 2.05) is 26.8 Å². The summed E-state index contributed by atoms with van der Waals surface area (Å²) in [5, 5.41) is 12.2. The first-order valence-electron chi connectivity index (χ1n) is 13.5. The monoisotopic (exact) mass is 527 g/mol. The highest BCUT2D eigenvalue weighted by atomic mass is 16.6. The first-order chi connectivity index (χ1) is 18.7. The van der Waals surface area contributed by atoms with E-state index in [1.165, 1.54) is 24.6 Å². The maximum absolute atomic E-state index is 13.3. The van der Waals surface area contributed by atoms with Crippen LogP contribution in [0.25, 0.3) is 11.3 Å². The van der Waals surface area contributed by atoms with Gasteiger partial charge >= 0.3 is 6.09 Å². The number of hydrogen-bond acceptors (Lipinski definition) is 6. The number of piperidine rings is 1. The second kappa shape index (κ2) is 9.83. The number of aromatic nitrogens is 5. The first kappa shape index (κ1) is 25.1. The van der Waals surface area contributed by atoms with Gasteiger partial charge in [0.15, 0.2) is 5.65 Å². The lowest BCUT2D eigenvalue weighted by molar-refractivity contribution is 0.0204. The molecule has 2 fully saturated rings. The van der Waals surface area contributed by atoms with E-state index < -0.39 is 5.60 Å². The molecule has 1 saturated carbocycles. The van der Waals surface area contributed by atoms with Crippen LogP contribution in [-0.2, 0) is 4.74 Å². The number of carbonyl (C=O) groups is 2. The molecule has 1 aliphatic carbocycles. The third-order valence-electron chi connectivity index (χ3n) is 7.25. The van der Waals surface area contributed by atoms with Crippen LogP contribution in [0.3, 0.4) is 0 Å². The van der Waals surface area contributed by atoms with Crippen molar-refractivity contribution in [3.63, 3.8) is 0 Å². The van der Waals surface area contributed by atoms with Crippen molar-refractivity contribution in [2.24, 2.45) is 0 Å². The topological polar surface area (TPSA) is 107 Å². The SMILES string of the molecule is CC(C)(C)OC(=O)N1CCC(c2cc(NC(=O)c3cnn4cccnc34)n(-c3ccc(C4CC4)cc3)n2)CC1. The van der Waals surface area contributed by atoms with Crippen molar-refractivity contribution in [3.05, 3.63) is 71.8 Å². The number of rotatable bonds is 5. The lowest BCUT2D eigenvalue weighted by Gasteiger charge is -2.32. The van der Waals surface area contributed by atoms with Gasteiger partial charge < -0.3 is 15.0 Å².